The molecule has 4 saturated carbocycles. The number of rotatable bonds is 6. The van der Waals surface area contributed by atoms with E-state index in [1.165, 1.54) is 31.4 Å². The van der Waals surface area contributed by atoms with Crippen molar-refractivity contribution in [3.8, 4) is 5.75 Å². The van der Waals surface area contributed by atoms with Gasteiger partial charge in [0.15, 0.2) is 0 Å². The van der Waals surface area contributed by atoms with E-state index in [2.05, 4.69) is 4.74 Å². The number of ether oxygens (including phenoxy) is 1. The van der Waals surface area contributed by atoms with Crippen LogP contribution in [0.3, 0.4) is 0 Å². The van der Waals surface area contributed by atoms with Crippen molar-refractivity contribution in [1.82, 2.24) is 9.80 Å². The Balaban J connectivity index is 1.27. The summed E-state index contributed by atoms with van der Waals surface area (Å²) < 4.78 is 29.5. The van der Waals surface area contributed by atoms with E-state index in [0.717, 1.165) is 31.2 Å². The molecule has 4 bridgehead atoms. The van der Waals surface area contributed by atoms with E-state index in [9.17, 15) is 18.4 Å². The second-order valence-corrected chi connectivity index (χ2v) is 10.6. The number of carbonyl (C=O) groups is 2. The third-order valence-electron chi connectivity index (χ3n) is 8.21. The summed E-state index contributed by atoms with van der Waals surface area (Å²) in [6.45, 7) is -1.94. The van der Waals surface area contributed by atoms with E-state index in [1.54, 1.807) is 24.1 Å². The van der Waals surface area contributed by atoms with Crippen LogP contribution in [0.1, 0.15) is 56.9 Å². The SMILES string of the molecule is CN(Cc1cccc(OC(F)F)c1)C(=O)C1CCCN1C(=O)C12CC3CC(CC(C3)C1)C2. The van der Waals surface area contributed by atoms with E-state index in [4.69, 9.17) is 0 Å². The molecule has 1 aromatic carbocycles. The lowest BCUT2D eigenvalue weighted by Gasteiger charge is -2.56. The van der Waals surface area contributed by atoms with E-state index in [0.29, 0.717) is 30.7 Å². The highest BCUT2D eigenvalue weighted by atomic mass is 19.3. The molecule has 1 unspecified atom stereocenters. The van der Waals surface area contributed by atoms with Crippen LogP contribution >= 0.6 is 0 Å². The second-order valence-electron chi connectivity index (χ2n) is 10.6. The van der Waals surface area contributed by atoms with Crippen molar-refractivity contribution in [2.75, 3.05) is 13.6 Å². The lowest BCUT2D eigenvalue weighted by atomic mass is 9.49. The molecule has 32 heavy (non-hydrogen) atoms. The summed E-state index contributed by atoms with van der Waals surface area (Å²) in [5.41, 5.74) is 0.480. The number of hydrogen-bond acceptors (Lipinski definition) is 3. The zero-order chi connectivity index (χ0) is 22.5. The predicted octanol–water partition coefficient (Wildman–Crippen LogP) is 4.45. The molecule has 5 nitrogen and oxygen atoms in total. The summed E-state index contributed by atoms with van der Waals surface area (Å²) in [4.78, 5) is 30.6. The fourth-order valence-electron chi connectivity index (χ4n) is 7.37. The lowest BCUT2D eigenvalue weighted by molar-refractivity contribution is -0.161. The minimum Gasteiger partial charge on any atom is -0.435 e. The normalized spacial score (nSPS) is 33.1. The van der Waals surface area contributed by atoms with Crippen molar-refractivity contribution in [3.63, 3.8) is 0 Å². The van der Waals surface area contributed by atoms with Crippen molar-refractivity contribution in [1.29, 1.82) is 0 Å². The molecule has 1 aliphatic heterocycles. The molecule has 1 atom stereocenters. The Morgan fingerprint density at radius 2 is 1.81 bits per heavy atom. The molecule has 1 saturated heterocycles. The number of benzene rings is 1. The average Bonchev–Trinajstić information content (AvgIpc) is 3.21. The summed E-state index contributed by atoms with van der Waals surface area (Å²) in [5.74, 6) is 2.29. The van der Waals surface area contributed by atoms with Gasteiger partial charge in [0.25, 0.3) is 0 Å². The van der Waals surface area contributed by atoms with Gasteiger partial charge in [-0.1, -0.05) is 12.1 Å². The Kier molecular flexibility index (Phi) is 5.62. The molecule has 0 N–H and O–H groups in total. The molecular weight excluding hydrogens is 414 g/mol. The van der Waals surface area contributed by atoms with Gasteiger partial charge < -0.3 is 14.5 Å². The van der Waals surface area contributed by atoms with Gasteiger partial charge in [-0.25, -0.2) is 0 Å². The van der Waals surface area contributed by atoms with Gasteiger partial charge in [-0.05, 0) is 86.8 Å². The molecule has 0 radical (unpaired) electrons. The van der Waals surface area contributed by atoms with Crippen LogP contribution in [0, 0.1) is 23.2 Å². The average molecular weight is 447 g/mol. The monoisotopic (exact) mass is 446 g/mol. The number of carbonyl (C=O) groups excluding carboxylic acids is 2. The first-order chi connectivity index (χ1) is 15.3. The van der Waals surface area contributed by atoms with E-state index >= 15 is 0 Å². The summed E-state index contributed by atoms with van der Waals surface area (Å²) in [6, 6.07) is 6.02. The fraction of sp³-hybridized carbons (Fsp3) is 0.680. The number of alkyl halides is 2. The summed E-state index contributed by atoms with van der Waals surface area (Å²) >= 11 is 0. The van der Waals surface area contributed by atoms with Crippen LogP contribution in [0.15, 0.2) is 24.3 Å². The Morgan fingerprint density at radius 3 is 2.44 bits per heavy atom. The molecule has 2 amide bonds. The van der Waals surface area contributed by atoms with Crippen LogP contribution in [-0.4, -0.2) is 47.9 Å². The highest BCUT2D eigenvalue weighted by Crippen LogP contribution is 2.60. The van der Waals surface area contributed by atoms with Gasteiger partial charge in [-0.2, -0.15) is 8.78 Å². The Bertz CT molecular complexity index is 854. The lowest BCUT2D eigenvalue weighted by Crippen LogP contribution is -2.57. The van der Waals surface area contributed by atoms with Gasteiger partial charge in [0, 0.05) is 20.1 Å². The summed E-state index contributed by atoms with van der Waals surface area (Å²) in [6.07, 6.45) is 8.39. The van der Waals surface area contributed by atoms with Crippen LogP contribution < -0.4 is 4.74 Å². The molecule has 174 valence electrons. The number of likely N-dealkylation sites (tertiary alicyclic amines) is 1. The fourth-order valence-corrected chi connectivity index (χ4v) is 7.37. The molecule has 1 aromatic rings. The van der Waals surface area contributed by atoms with Crippen LogP contribution in [0.5, 0.6) is 5.75 Å². The van der Waals surface area contributed by atoms with E-state index in [-0.39, 0.29) is 29.5 Å². The number of halogens is 2. The van der Waals surface area contributed by atoms with Gasteiger partial charge in [0.2, 0.25) is 11.8 Å². The van der Waals surface area contributed by atoms with Gasteiger partial charge >= 0.3 is 6.61 Å². The first kappa shape index (κ1) is 21.7. The molecule has 5 aliphatic rings. The first-order valence-corrected chi connectivity index (χ1v) is 11.9. The first-order valence-electron chi connectivity index (χ1n) is 11.9. The van der Waals surface area contributed by atoms with Crippen LogP contribution in [0.4, 0.5) is 8.78 Å². The minimum absolute atomic E-state index is 0.0687. The quantitative estimate of drug-likeness (QED) is 0.649. The predicted molar refractivity (Wildman–Crippen MR) is 115 cm³/mol. The molecular formula is C25H32F2N2O3. The molecule has 4 aliphatic carbocycles. The number of nitrogens with zero attached hydrogens (tertiary/aromatic N) is 2. The van der Waals surface area contributed by atoms with Crippen molar-refractivity contribution >= 4 is 11.8 Å². The highest BCUT2D eigenvalue weighted by molar-refractivity contribution is 5.91. The second kappa shape index (κ2) is 8.31. The number of amides is 2. The van der Waals surface area contributed by atoms with Gasteiger partial charge in [-0.3, -0.25) is 9.59 Å². The van der Waals surface area contributed by atoms with Gasteiger partial charge in [0.05, 0.1) is 5.41 Å². The van der Waals surface area contributed by atoms with E-state index < -0.39 is 12.7 Å². The molecule has 7 heteroatoms. The highest BCUT2D eigenvalue weighted by Gasteiger charge is 2.56. The number of hydrogen-bond donors (Lipinski definition) is 0. The maximum Gasteiger partial charge on any atom is 0.387 e. The minimum atomic E-state index is -2.88. The molecule has 6 rings (SSSR count). The third kappa shape index (κ3) is 3.99. The van der Waals surface area contributed by atoms with Gasteiger partial charge in [0.1, 0.15) is 11.8 Å². The van der Waals surface area contributed by atoms with Crippen molar-refractivity contribution in [2.45, 2.75) is 70.6 Å². The van der Waals surface area contributed by atoms with Crippen molar-refractivity contribution in [3.05, 3.63) is 29.8 Å². The summed E-state index contributed by atoms with van der Waals surface area (Å²) in [7, 11) is 1.72. The third-order valence-corrected chi connectivity index (χ3v) is 8.21. The molecule has 0 spiro atoms. The molecule has 1 heterocycles. The largest absolute Gasteiger partial charge is 0.435 e. The zero-order valence-corrected chi connectivity index (χ0v) is 18.6. The Hall–Kier alpha value is -2.18. The molecule has 5 fully saturated rings. The van der Waals surface area contributed by atoms with Crippen molar-refractivity contribution < 1.29 is 23.1 Å². The van der Waals surface area contributed by atoms with Gasteiger partial charge in [-0.15, -0.1) is 0 Å². The standard InChI is InChI=1S/C25H32F2N2O3/c1-28(15-16-4-2-5-20(11-16)32-24(26)27)22(30)21-6-3-7-29(21)23(31)25-12-17-8-18(13-25)10-19(9-17)14-25/h2,4-5,11,17-19,21,24H,3,6-10,12-15H2,1H3. The van der Waals surface area contributed by atoms with Crippen LogP contribution in [0.25, 0.3) is 0 Å². The zero-order valence-electron chi connectivity index (χ0n) is 18.6. The maximum atomic E-state index is 13.8. The van der Waals surface area contributed by atoms with Crippen LogP contribution in [-0.2, 0) is 16.1 Å². The van der Waals surface area contributed by atoms with Crippen LogP contribution in [0.2, 0.25) is 0 Å². The molecule has 0 aromatic heterocycles. The maximum absolute atomic E-state index is 13.8. The topological polar surface area (TPSA) is 49.9 Å². The van der Waals surface area contributed by atoms with Crippen molar-refractivity contribution in [2.24, 2.45) is 23.2 Å². The van der Waals surface area contributed by atoms with E-state index in [1.807, 2.05) is 4.90 Å². The number of likely N-dealkylation sites (N-methyl/N-ethyl adjacent to an activating group) is 1. The Labute approximate surface area is 188 Å². The summed E-state index contributed by atoms with van der Waals surface area (Å²) in [5, 5.41) is 0. The Morgan fingerprint density at radius 1 is 1.16 bits per heavy atom. The smallest absolute Gasteiger partial charge is 0.387 e.